The van der Waals surface area contributed by atoms with Gasteiger partial charge in [-0.25, -0.2) is 15.3 Å². The second-order valence-electron chi connectivity index (χ2n) is 10.1. The van der Waals surface area contributed by atoms with Gasteiger partial charge in [0.05, 0.1) is 24.4 Å². The van der Waals surface area contributed by atoms with Crippen molar-refractivity contribution in [1.82, 2.24) is 15.8 Å². The lowest BCUT2D eigenvalue weighted by molar-refractivity contribution is -0.245. The molecule has 228 valence electrons. The van der Waals surface area contributed by atoms with E-state index < -0.39 is 18.2 Å². The molecular formula is C31H35N3O8S. The number of hydrogen-bond acceptors (Lipinski definition) is 9. The van der Waals surface area contributed by atoms with Gasteiger partial charge in [-0.05, 0) is 41.7 Å². The minimum atomic E-state index is -1.04. The number of ether oxygens (including phenoxy) is 2. The van der Waals surface area contributed by atoms with Crippen molar-refractivity contribution in [3.8, 4) is 0 Å². The van der Waals surface area contributed by atoms with Gasteiger partial charge in [0.2, 0.25) is 11.8 Å². The highest BCUT2D eigenvalue weighted by Gasteiger charge is 2.32. The maximum absolute atomic E-state index is 12.2. The van der Waals surface area contributed by atoms with Crippen LogP contribution < -0.4 is 10.8 Å². The number of carboxylic acid groups (broad SMARTS) is 1. The van der Waals surface area contributed by atoms with Crippen molar-refractivity contribution >= 4 is 29.5 Å². The highest BCUT2D eigenvalue weighted by atomic mass is 32.2. The Kier molecular flexibility index (Phi) is 12.1. The molecule has 2 heterocycles. The molecule has 3 atom stereocenters. The lowest BCUT2D eigenvalue weighted by atomic mass is 10.0. The number of aromatic nitrogens is 1. The Bertz CT molecular complexity index is 1370. The molecule has 0 aliphatic carbocycles. The van der Waals surface area contributed by atoms with Gasteiger partial charge in [0.25, 0.3) is 0 Å². The fourth-order valence-electron chi connectivity index (χ4n) is 4.57. The van der Waals surface area contributed by atoms with E-state index in [-0.39, 0.29) is 43.1 Å². The Morgan fingerprint density at radius 2 is 1.58 bits per heavy atom. The average Bonchev–Trinajstić information content (AvgIpc) is 3.04. The summed E-state index contributed by atoms with van der Waals surface area (Å²) in [5.74, 6) is -1.16. The number of carbonyl (C=O) groups is 3. The number of nitrogens with one attached hydrogen (secondary N) is 2. The summed E-state index contributed by atoms with van der Waals surface area (Å²) in [6.07, 6.45) is 2.37. The number of thioether (sulfide) groups is 1. The predicted molar refractivity (Wildman–Crippen MR) is 157 cm³/mol. The number of nitrogens with zero attached hydrogens (tertiary/aromatic N) is 1. The van der Waals surface area contributed by atoms with Crippen molar-refractivity contribution in [2.75, 3.05) is 5.75 Å². The third-order valence-corrected chi connectivity index (χ3v) is 8.08. The van der Waals surface area contributed by atoms with Crippen LogP contribution in [0.2, 0.25) is 0 Å². The van der Waals surface area contributed by atoms with Crippen LogP contribution in [0.4, 0.5) is 0 Å². The number of aromatic carboxylic acids is 1. The summed E-state index contributed by atoms with van der Waals surface area (Å²) in [7, 11) is 0. The average molecular weight is 610 g/mol. The maximum Gasteiger partial charge on any atom is 0.338 e. The normalized spacial score (nSPS) is 18.1. The van der Waals surface area contributed by atoms with E-state index in [1.165, 1.54) is 17.8 Å². The largest absolute Gasteiger partial charge is 0.478 e. The summed E-state index contributed by atoms with van der Waals surface area (Å²) in [6, 6.07) is 18.3. The first-order valence-electron chi connectivity index (χ1n) is 14.0. The quantitative estimate of drug-likeness (QED) is 0.0770. The second-order valence-corrected chi connectivity index (χ2v) is 11.1. The number of aliphatic hydroxyl groups is 1. The van der Waals surface area contributed by atoms with Gasteiger partial charge in [0, 0.05) is 43.3 Å². The molecule has 5 N–H and O–H groups in total. The Hall–Kier alpha value is -3.81. The summed E-state index contributed by atoms with van der Waals surface area (Å²) in [5, 5.41) is 30.8. The SMILES string of the molecule is O=C(CCCCC(=O)NCc1ccc([C@H]2O[C@@H](CSc3ncccc3C(=O)O)C[C@@H](c3ccc(CO)cc3)O2)cc1)NO. The van der Waals surface area contributed by atoms with Crippen LogP contribution in [0, 0.1) is 0 Å². The molecule has 1 aromatic heterocycles. The minimum Gasteiger partial charge on any atom is -0.478 e. The molecule has 1 fully saturated rings. The second kappa shape index (κ2) is 16.1. The van der Waals surface area contributed by atoms with E-state index in [4.69, 9.17) is 14.7 Å². The van der Waals surface area contributed by atoms with Crippen LogP contribution in [-0.2, 0) is 32.2 Å². The zero-order valence-electron chi connectivity index (χ0n) is 23.5. The molecule has 0 bridgehead atoms. The summed E-state index contributed by atoms with van der Waals surface area (Å²) >= 11 is 1.33. The molecule has 0 radical (unpaired) electrons. The van der Waals surface area contributed by atoms with Gasteiger partial charge in [-0.1, -0.05) is 48.5 Å². The summed E-state index contributed by atoms with van der Waals surface area (Å²) in [5.41, 5.74) is 5.16. The van der Waals surface area contributed by atoms with Crippen LogP contribution in [-0.4, -0.2) is 50.0 Å². The van der Waals surface area contributed by atoms with E-state index in [2.05, 4.69) is 10.3 Å². The molecule has 0 saturated carbocycles. The number of carboxylic acids is 1. The van der Waals surface area contributed by atoms with Gasteiger partial charge >= 0.3 is 5.97 Å². The van der Waals surface area contributed by atoms with Crippen molar-refractivity contribution < 1.29 is 39.3 Å². The van der Waals surface area contributed by atoms with Gasteiger partial charge in [-0.2, -0.15) is 0 Å². The van der Waals surface area contributed by atoms with Gasteiger partial charge in [-0.15, -0.1) is 11.8 Å². The Labute approximate surface area is 253 Å². The molecule has 1 aliphatic heterocycles. The van der Waals surface area contributed by atoms with E-state index in [0.29, 0.717) is 36.6 Å². The van der Waals surface area contributed by atoms with Crippen molar-refractivity contribution in [3.63, 3.8) is 0 Å². The van der Waals surface area contributed by atoms with E-state index in [1.807, 2.05) is 48.5 Å². The third-order valence-electron chi connectivity index (χ3n) is 6.95. The molecule has 3 aromatic rings. The number of aliphatic hydroxyl groups excluding tert-OH is 1. The van der Waals surface area contributed by atoms with Crippen molar-refractivity contribution in [2.45, 2.75) is 68.8 Å². The topological polar surface area (TPSA) is 167 Å². The molecule has 1 aliphatic rings. The van der Waals surface area contributed by atoms with Gasteiger partial charge < -0.3 is 25.0 Å². The van der Waals surface area contributed by atoms with Crippen LogP contribution in [0.5, 0.6) is 0 Å². The molecule has 12 heteroatoms. The number of rotatable bonds is 14. The summed E-state index contributed by atoms with van der Waals surface area (Å²) in [6.45, 7) is 0.292. The van der Waals surface area contributed by atoms with Crippen molar-refractivity contribution in [1.29, 1.82) is 0 Å². The maximum atomic E-state index is 12.2. The number of carbonyl (C=O) groups excluding carboxylic acids is 2. The lowest BCUT2D eigenvalue weighted by Gasteiger charge is -2.36. The number of unbranched alkanes of at least 4 members (excludes halogenated alkanes) is 1. The monoisotopic (exact) mass is 609 g/mol. The summed E-state index contributed by atoms with van der Waals surface area (Å²) in [4.78, 5) is 39.1. The zero-order valence-corrected chi connectivity index (χ0v) is 24.3. The Morgan fingerprint density at radius 3 is 2.26 bits per heavy atom. The van der Waals surface area contributed by atoms with E-state index in [0.717, 1.165) is 22.3 Å². The summed E-state index contributed by atoms with van der Waals surface area (Å²) < 4.78 is 12.7. The first-order valence-corrected chi connectivity index (χ1v) is 14.9. The molecule has 1 saturated heterocycles. The molecule has 0 spiro atoms. The number of pyridine rings is 1. The van der Waals surface area contributed by atoms with Crippen LogP contribution >= 0.6 is 11.8 Å². The Morgan fingerprint density at radius 1 is 0.907 bits per heavy atom. The molecule has 11 nitrogen and oxygen atoms in total. The molecule has 2 amide bonds. The van der Waals surface area contributed by atoms with E-state index >= 15 is 0 Å². The van der Waals surface area contributed by atoms with Gasteiger partial charge in [0.15, 0.2) is 6.29 Å². The number of hydroxylamine groups is 1. The van der Waals surface area contributed by atoms with Crippen LogP contribution in [0.25, 0.3) is 0 Å². The lowest BCUT2D eigenvalue weighted by Crippen LogP contribution is -2.31. The van der Waals surface area contributed by atoms with Crippen molar-refractivity contribution in [2.24, 2.45) is 0 Å². The van der Waals surface area contributed by atoms with E-state index in [9.17, 15) is 24.6 Å². The van der Waals surface area contributed by atoms with Crippen LogP contribution in [0.15, 0.2) is 71.9 Å². The smallest absolute Gasteiger partial charge is 0.338 e. The Balaban J connectivity index is 1.39. The highest BCUT2D eigenvalue weighted by Crippen LogP contribution is 2.39. The fourth-order valence-corrected chi connectivity index (χ4v) is 5.58. The number of hydrogen-bond donors (Lipinski definition) is 5. The minimum absolute atomic E-state index is 0.0526. The van der Waals surface area contributed by atoms with Crippen LogP contribution in [0.3, 0.4) is 0 Å². The molecule has 43 heavy (non-hydrogen) atoms. The molecule has 4 rings (SSSR count). The first kappa shape index (κ1) is 32.1. The van der Waals surface area contributed by atoms with Crippen molar-refractivity contribution in [3.05, 3.63) is 94.7 Å². The fraction of sp³-hybridized carbons (Fsp3) is 0.355. The molecule has 0 unspecified atom stereocenters. The van der Waals surface area contributed by atoms with Gasteiger partial charge in [0.1, 0.15) is 5.03 Å². The highest BCUT2D eigenvalue weighted by molar-refractivity contribution is 7.99. The molecular weight excluding hydrogens is 574 g/mol. The third kappa shape index (κ3) is 9.60. The van der Waals surface area contributed by atoms with Crippen LogP contribution in [0.1, 0.15) is 77.1 Å². The molecule has 2 aromatic carbocycles. The van der Waals surface area contributed by atoms with Gasteiger partial charge in [-0.3, -0.25) is 14.8 Å². The van der Waals surface area contributed by atoms with E-state index in [1.54, 1.807) is 17.7 Å². The standard InChI is InChI=1S/C31H35N3O8S/c35-18-21-9-11-22(12-10-21)26-16-24(19-43-29-25(30(38)39)4-3-15-32-29)41-31(42-26)23-13-7-20(8-14-23)17-33-27(36)5-1-2-6-28(37)34-40/h3-4,7-15,24,26,31,35,40H,1-2,5-6,16-19H2,(H,33,36)(H,34,37)(H,38,39)/t24-,26+,31+/m1/s1. The zero-order chi connectivity index (χ0) is 30.6. The predicted octanol–water partition coefficient (Wildman–Crippen LogP) is 4.29. The number of amides is 2. The number of benzene rings is 2. The first-order chi connectivity index (χ1) is 20.9.